The lowest BCUT2D eigenvalue weighted by Gasteiger charge is -2.24. The molecule has 3 heterocycles. The maximum Gasteiger partial charge on any atom is 0.356 e. The van der Waals surface area contributed by atoms with Gasteiger partial charge in [-0.3, -0.25) is 9.78 Å². The van der Waals surface area contributed by atoms with Gasteiger partial charge in [-0.25, -0.2) is 4.79 Å². The first kappa shape index (κ1) is 19.1. The van der Waals surface area contributed by atoms with Crippen molar-refractivity contribution in [3.8, 4) is 0 Å². The van der Waals surface area contributed by atoms with Gasteiger partial charge in [0.05, 0.1) is 15.9 Å². The Kier molecular flexibility index (Phi) is 5.06. The van der Waals surface area contributed by atoms with Gasteiger partial charge >= 0.3 is 5.97 Å². The lowest BCUT2D eigenvalue weighted by molar-refractivity contribution is -0.132. The van der Waals surface area contributed by atoms with Crippen molar-refractivity contribution in [2.75, 3.05) is 0 Å². The Morgan fingerprint density at radius 1 is 1.26 bits per heavy atom. The lowest BCUT2D eigenvalue weighted by Crippen LogP contribution is -2.44. The zero-order valence-electron chi connectivity index (χ0n) is 16.1. The van der Waals surface area contributed by atoms with Crippen LogP contribution in [0.5, 0.6) is 0 Å². The largest absolute Gasteiger partial charge is 0.441 e. The summed E-state index contributed by atoms with van der Waals surface area (Å²) in [5.41, 5.74) is 1.31. The molecule has 7 heteroatoms. The molecule has 0 saturated carbocycles. The number of ether oxygens (including phenoxy) is 1. The van der Waals surface area contributed by atoms with E-state index in [9.17, 15) is 9.59 Å². The average Bonchev–Trinajstić information content (AvgIpc) is 3.09. The number of nitrogens with zero attached hydrogens (tertiary/aromatic N) is 2. The summed E-state index contributed by atoms with van der Waals surface area (Å²) in [5.74, 6) is -0.959. The Balaban J connectivity index is 1.90. The van der Waals surface area contributed by atoms with Crippen LogP contribution in [0.1, 0.15) is 47.9 Å². The van der Waals surface area contributed by atoms with Crippen molar-refractivity contribution >= 4 is 33.4 Å². The van der Waals surface area contributed by atoms with Crippen LogP contribution in [-0.4, -0.2) is 27.0 Å². The second-order valence-corrected chi connectivity index (χ2v) is 8.76. The van der Waals surface area contributed by atoms with Crippen molar-refractivity contribution in [3.63, 3.8) is 0 Å². The summed E-state index contributed by atoms with van der Waals surface area (Å²) < 4.78 is 8.41. The van der Waals surface area contributed by atoms with Crippen LogP contribution < -0.4 is 5.32 Å². The molecule has 0 aliphatic heterocycles. The fourth-order valence-corrected chi connectivity index (χ4v) is 3.80. The molecule has 3 rings (SSSR count). The van der Waals surface area contributed by atoms with Gasteiger partial charge in [-0.2, -0.15) is 0 Å². The average molecular weight is 385 g/mol. The van der Waals surface area contributed by atoms with Gasteiger partial charge in [0.2, 0.25) is 6.10 Å². The van der Waals surface area contributed by atoms with E-state index in [1.54, 1.807) is 46.4 Å². The molecule has 0 aromatic carbocycles. The molecule has 0 fully saturated rings. The number of thiophene rings is 1. The molecule has 27 heavy (non-hydrogen) atoms. The fourth-order valence-electron chi connectivity index (χ4n) is 2.81. The zero-order valence-corrected chi connectivity index (χ0v) is 16.9. The Labute approximate surface area is 162 Å². The molecule has 1 atom stereocenters. The monoisotopic (exact) mass is 385 g/mol. The molecule has 0 saturated heterocycles. The van der Waals surface area contributed by atoms with E-state index < -0.39 is 23.5 Å². The van der Waals surface area contributed by atoms with E-state index in [0.29, 0.717) is 11.4 Å². The summed E-state index contributed by atoms with van der Waals surface area (Å²) in [7, 11) is 1.82. The maximum absolute atomic E-state index is 12.8. The number of esters is 1. The number of pyridine rings is 1. The van der Waals surface area contributed by atoms with Crippen LogP contribution in [0.3, 0.4) is 0 Å². The van der Waals surface area contributed by atoms with Crippen LogP contribution >= 0.6 is 11.3 Å². The first-order chi connectivity index (χ1) is 12.7. The van der Waals surface area contributed by atoms with Gasteiger partial charge in [0.25, 0.3) is 5.91 Å². The standard InChI is InChI=1S/C20H23N3O3S/c1-12-10-14-16(27-12)11-15(23(14)5)19(25)26-17(13-8-6-7-9-21-13)18(24)22-20(2,3)4/h6-11,17H,1-5H3,(H,22,24). The predicted molar refractivity (Wildman–Crippen MR) is 106 cm³/mol. The number of rotatable bonds is 4. The topological polar surface area (TPSA) is 73.2 Å². The quantitative estimate of drug-likeness (QED) is 0.694. The second kappa shape index (κ2) is 7.15. The number of hydrogen-bond donors (Lipinski definition) is 1. The number of fused-ring (bicyclic) bond motifs is 1. The highest BCUT2D eigenvalue weighted by Crippen LogP contribution is 2.29. The Morgan fingerprint density at radius 2 is 2.00 bits per heavy atom. The minimum absolute atomic E-state index is 0.388. The minimum atomic E-state index is -1.12. The first-order valence-electron chi connectivity index (χ1n) is 8.65. The minimum Gasteiger partial charge on any atom is -0.441 e. The van der Waals surface area contributed by atoms with Crippen LogP contribution in [0, 0.1) is 6.92 Å². The van der Waals surface area contributed by atoms with E-state index in [1.807, 2.05) is 40.8 Å². The van der Waals surface area contributed by atoms with E-state index in [-0.39, 0.29) is 0 Å². The molecular weight excluding hydrogens is 362 g/mol. The Hall–Kier alpha value is -2.67. The van der Waals surface area contributed by atoms with Gasteiger partial charge in [-0.05, 0) is 52.0 Å². The van der Waals surface area contributed by atoms with Gasteiger partial charge in [0.1, 0.15) is 5.69 Å². The Morgan fingerprint density at radius 3 is 2.59 bits per heavy atom. The van der Waals surface area contributed by atoms with Gasteiger partial charge in [0, 0.05) is 23.7 Å². The molecule has 3 aromatic heterocycles. The summed E-state index contributed by atoms with van der Waals surface area (Å²) in [6.07, 6.45) is 0.453. The third-order valence-electron chi connectivity index (χ3n) is 3.98. The summed E-state index contributed by atoms with van der Waals surface area (Å²) in [5, 5.41) is 2.86. The predicted octanol–water partition coefficient (Wildman–Crippen LogP) is 3.76. The van der Waals surface area contributed by atoms with Crippen LogP contribution in [-0.2, 0) is 16.6 Å². The molecule has 6 nitrogen and oxygen atoms in total. The molecule has 0 aliphatic carbocycles. The lowest BCUT2D eigenvalue weighted by atomic mass is 10.1. The van der Waals surface area contributed by atoms with Crippen molar-refractivity contribution in [1.29, 1.82) is 0 Å². The number of amides is 1. The van der Waals surface area contributed by atoms with E-state index in [2.05, 4.69) is 10.3 Å². The summed E-state index contributed by atoms with van der Waals surface area (Å²) in [6, 6.07) is 9.01. The highest BCUT2D eigenvalue weighted by atomic mass is 32.1. The van der Waals surface area contributed by atoms with Crippen LogP contribution in [0.2, 0.25) is 0 Å². The highest BCUT2D eigenvalue weighted by Gasteiger charge is 2.30. The molecule has 3 aromatic rings. The molecule has 0 bridgehead atoms. The van der Waals surface area contributed by atoms with E-state index >= 15 is 0 Å². The van der Waals surface area contributed by atoms with Crippen molar-refractivity contribution in [2.24, 2.45) is 7.05 Å². The van der Waals surface area contributed by atoms with Gasteiger partial charge in [-0.15, -0.1) is 11.3 Å². The number of aryl methyl sites for hydroxylation is 2. The molecule has 142 valence electrons. The summed E-state index contributed by atoms with van der Waals surface area (Å²) in [4.78, 5) is 30.9. The van der Waals surface area contributed by atoms with E-state index in [0.717, 1.165) is 10.2 Å². The Bertz CT molecular complexity index is 983. The third kappa shape index (κ3) is 4.19. The van der Waals surface area contributed by atoms with Gasteiger partial charge < -0.3 is 14.6 Å². The normalized spacial score (nSPS) is 12.8. The molecular formula is C20H23N3O3S. The molecule has 0 radical (unpaired) electrons. The first-order valence-corrected chi connectivity index (χ1v) is 9.47. The molecule has 0 aliphatic rings. The van der Waals surface area contributed by atoms with E-state index in [4.69, 9.17) is 4.74 Å². The SMILES string of the molecule is Cc1cc2c(cc(C(=O)OC(C(=O)NC(C)(C)C)c3ccccn3)n2C)s1. The van der Waals surface area contributed by atoms with Crippen molar-refractivity contribution in [1.82, 2.24) is 14.9 Å². The summed E-state index contributed by atoms with van der Waals surface area (Å²) >= 11 is 1.61. The fraction of sp³-hybridized carbons (Fsp3) is 0.350. The number of hydrogen-bond acceptors (Lipinski definition) is 5. The summed E-state index contributed by atoms with van der Waals surface area (Å²) in [6.45, 7) is 7.64. The van der Waals surface area contributed by atoms with Crippen LogP contribution in [0.25, 0.3) is 10.2 Å². The third-order valence-corrected chi connectivity index (χ3v) is 4.97. The highest BCUT2D eigenvalue weighted by molar-refractivity contribution is 7.19. The number of nitrogens with one attached hydrogen (secondary N) is 1. The van der Waals surface area contributed by atoms with Crippen molar-refractivity contribution in [3.05, 3.63) is 52.8 Å². The molecule has 1 amide bonds. The smallest absolute Gasteiger partial charge is 0.356 e. The second-order valence-electron chi connectivity index (χ2n) is 7.47. The van der Waals surface area contributed by atoms with Crippen LogP contribution in [0.4, 0.5) is 0 Å². The van der Waals surface area contributed by atoms with Gasteiger partial charge in [0.15, 0.2) is 0 Å². The molecule has 1 unspecified atom stereocenters. The van der Waals surface area contributed by atoms with Crippen LogP contribution in [0.15, 0.2) is 36.5 Å². The maximum atomic E-state index is 12.8. The zero-order chi connectivity index (χ0) is 19.8. The van der Waals surface area contributed by atoms with E-state index in [1.165, 1.54) is 4.88 Å². The van der Waals surface area contributed by atoms with Crippen molar-refractivity contribution < 1.29 is 14.3 Å². The van der Waals surface area contributed by atoms with Gasteiger partial charge in [-0.1, -0.05) is 6.07 Å². The molecule has 0 spiro atoms. The number of aromatic nitrogens is 2. The van der Waals surface area contributed by atoms with Crippen molar-refractivity contribution in [2.45, 2.75) is 39.3 Å². The molecule has 1 N–H and O–H groups in total. The number of carbonyl (C=O) groups excluding carboxylic acids is 2. The number of carbonyl (C=O) groups is 2.